The maximum absolute atomic E-state index is 13.7. The number of hydrogen-bond donors (Lipinski definition) is 1. The average molecular weight is 545 g/mol. The normalized spacial score (nSPS) is 18.9. The highest BCUT2D eigenvalue weighted by Crippen LogP contribution is 2.40. The van der Waals surface area contributed by atoms with E-state index in [0.29, 0.717) is 72.8 Å². The number of carbonyl (C=O) groups excluding carboxylic acids is 2. The van der Waals surface area contributed by atoms with Gasteiger partial charge in [0.05, 0.1) is 18.7 Å². The number of nitrogens with zero attached hydrogens (tertiary/aromatic N) is 3. The zero-order chi connectivity index (χ0) is 27.2. The van der Waals surface area contributed by atoms with Crippen LogP contribution < -0.4 is 10.3 Å². The van der Waals surface area contributed by atoms with Crippen molar-refractivity contribution in [3.05, 3.63) is 80.0 Å². The number of amides is 2. The van der Waals surface area contributed by atoms with Crippen molar-refractivity contribution in [2.45, 2.75) is 57.7 Å². The van der Waals surface area contributed by atoms with Crippen molar-refractivity contribution in [2.24, 2.45) is 5.92 Å². The van der Waals surface area contributed by atoms with Crippen molar-refractivity contribution in [1.82, 2.24) is 19.9 Å². The fourth-order valence-electron chi connectivity index (χ4n) is 5.88. The Labute approximate surface area is 231 Å². The number of fused-ring (bicyclic) bond motifs is 2. The molecule has 3 aromatic rings. The molecule has 3 aliphatic heterocycles. The predicted molar refractivity (Wildman–Crippen MR) is 143 cm³/mol. The van der Waals surface area contributed by atoms with Gasteiger partial charge in [-0.05, 0) is 67.3 Å². The third kappa shape index (κ3) is 4.92. The van der Waals surface area contributed by atoms with Crippen LogP contribution in [0.1, 0.15) is 80.5 Å². The third-order valence-electron chi connectivity index (χ3n) is 8.47. The highest BCUT2D eigenvalue weighted by atomic mass is 16.5. The molecule has 0 spiro atoms. The minimum Gasteiger partial charge on any atom is -0.477 e. The van der Waals surface area contributed by atoms with Crippen LogP contribution in [0.25, 0.3) is 0 Å². The van der Waals surface area contributed by atoms with E-state index in [-0.39, 0.29) is 23.9 Å². The molecule has 0 unspecified atom stereocenters. The molecule has 2 amide bonds. The lowest BCUT2D eigenvalue weighted by molar-refractivity contribution is 0.0490. The summed E-state index contributed by atoms with van der Waals surface area (Å²) in [6, 6.07) is 9.33. The number of H-pyrrole nitrogens is 1. The number of aromatic amines is 1. The summed E-state index contributed by atoms with van der Waals surface area (Å²) >= 11 is 0. The Kier molecular flexibility index (Phi) is 6.42. The first-order chi connectivity index (χ1) is 19.5. The second-order valence-corrected chi connectivity index (χ2v) is 11.3. The molecule has 208 valence electrons. The van der Waals surface area contributed by atoms with Gasteiger partial charge < -0.3 is 23.8 Å². The Morgan fingerprint density at radius 1 is 0.950 bits per heavy atom. The minimum atomic E-state index is -0.221. The van der Waals surface area contributed by atoms with Gasteiger partial charge in [0.25, 0.3) is 17.4 Å². The summed E-state index contributed by atoms with van der Waals surface area (Å²) in [4.78, 5) is 47.0. The van der Waals surface area contributed by atoms with Gasteiger partial charge in [0, 0.05) is 61.7 Å². The van der Waals surface area contributed by atoms with E-state index < -0.39 is 0 Å². The smallest absolute Gasteiger partial charge is 0.283 e. The highest BCUT2D eigenvalue weighted by Gasteiger charge is 2.31. The number of pyridine rings is 1. The molecule has 0 radical (unpaired) electrons. The van der Waals surface area contributed by atoms with E-state index in [9.17, 15) is 14.4 Å². The molecule has 1 aliphatic carbocycles. The zero-order valence-electron chi connectivity index (χ0n) is 22.3. The predicted octanol–water partition coefficient (Wildman–Crippen LogP) is 3.40. The van der Waals surface area contributed by atoms with Crippen molar-refractivity contribution < 1.29 is 23.6 Å². The lowest BCUT2D eigenvalue weighted by Gasteiger charge is -2.25. The molecule has 1 saturated heterocycles. The third-order valence-corrected chi connectivity index (χ3v) is 8.47. The van der Waals surface area contributed by atoms with Gasteiger partial charge in [-0.3, -0.25) is 14.4 Å². The molecular weight excluding hydrogens is 512 g/mol. The summed E-state index contributed by atoms with van der Waals surface area (Å²) in [6.45, 7) is 3.76. The molecular formula is C30H32N4O6. The van der Waals surface area contributed by atoms with Gasteiger partial charge in [-0.15, -0.1) is 0 Å². The first kappa shape index (κ1) is 25.1. The molecule has 0 atom stereocenters. The van der Waals surface area contributed by atoms with Crippen LogP contribution in [0.4, 0.5) is 0 Å². The van der Waals surface area contributed by atoms with Crippen LogP contribution >= 0.6 is 0 Å². The number of hydrogen-bond acceptors (Lipinski definition) is 7. The zero-order valence-corrected chi connectivity index (χ0v) is 22.3. The molecule has 2 aromatic heterocycles. The summed E-state index contributed by atoms with van der Waals surface area (Å²) in [7, 11) is 0. The number of ether oxygens (including phenoxy) is 2. The van der Waals surface area contributed by atoms with Gasteiger partial charge in [0.1, 0.15) is 0 Å². The Bertz CT molecular complexity index is 1520. The minimum absolute atomic E-state index is 0.0599. The fraction of sp³-hybridized carbons (Fsp3) is 0.467. The van der Waals surface area contributed by atoms with Crippen LogP contribution in [0.15, 0.2) is 39.6 Å². The monoisotopic (exact) mass is 544 g/mol. The van der Waals surface area contributed by atoms with Gasteiger partial charge in [-0.2, -0.15) is 5.16 Å². The van der Waals surface area contributed by atoms with Gasteiger partial charge in [0.15, 0.2) is 5.76 Å². The summed E-state index contributed by atoms with van der Waals surface area (Å²) in [6.07, 6.45) is 4.60. The lowest BCUT2D eigenvalue weighted by Crippen LogP contribution is -2.36. The first-order valence-electron chi connectivity index (χ1n) is 14.1. The van der Waals surface area contributed by atoms with Crippen LogP contribution in [0, 0.1) is 5.92 Å². The first-order valence-corrected chi connectivity index (χ1v) is 14.1. The topological polar surface area (TPSA) is 118 Å². The Hall–Kier alpha value is -3.92. The van der Waals surface area contributed by atoms with E-state index in [2.05, 4.69) is 5.16 Å². The molecule has 1 saturated carbocycles. The maximum Gasteiger partial charge on any atom is 0.283 e. The van der Waals surface area contributed by atoms with E-state index in [0.717, 1.165) is 55.7 Å². The SMILES string of the molecule is O=C(c1cc(OCC2CCOCC2)nc(C2CC2)c1)N1Cc2ccc(C(=O)N3CCc4c(o[nH]c4=O)C3)cc2C1. The van der Waals surface area contributed by atoms with E-state index in [4.69, 9.17) is 19.0 Å². The van der Waals surface area contributed by atoms with Gasteiger partial charge in [0.2, 0.25) is 5.88 Å². The van der Waals surface area contributed by atoms with E-state index >= 15 is 0 Å². The van der Waals surface area contributed by atoms with Crippen molar-refractivity contribution in [3.8, 4) is 5.88 Å². The molecule has 7 rings (SSSR count). The molecule has 4 aliphatic rings. The van der Waals surface area contributed by atoms with E-state index in [1.165, 1.54) is 0 Å². The van der Waals surface area contributed by atoms with Gasteiger partial charge in [-0.25, -0.2) is 4.98 Å². The molecule has 1 N–H and O–H groups in total. The molecule has 10 nitrogen and oxygen atoms in total. The Morgan fingerprint density at radius 2 is 1.75 bits per heavy atom. The van der Waals surface area contributed by atoms with Crippen LogP contribution in [-0.2, 0) is 30.8 Å². The number of carbonyl (C=O) groups is 2. The van der Waals surface area contributed by atoms with Crippen LogP contribution in [0.5, 0.6) is 5.88 Å². The molecule has 2 fully saturated rings. The molecule has 0 bridgehead atoms. The van der Waals surface area contributed by atoms with Gasteiger partial charge in [-0.1, -0.05) is 6.07 Å². The van der Waals surface area contributed by atoms with Gasteiger partial charge >= 0.3 is 0 Å². The second-order valence-electron chi connectivity index (χ2n) is 11.3. The fourth-order valence-corrected chi connectivity index (χ4v) is 5.88. The Balaban J connectivity index is 1.05. The van der Waals surface area contributed by atoms with Crippen molar-refractivity contribution >= 4 is 11.8 Å². The quantitative estimate of drug-likeness (QED) is 0.505. The van der Waals surface area contributed by atoms with Crippen LogP contribution in [0.2, 0.25) is 0 Å². The standard InChI is InChI=1S/C30H32N4O6/c35-28-24-5-8-33(16-26(24)40-32-28)29(36)20-3-4-21-14-34(15-23(21)11-20)30(37)22-12-25(19-1-2-19)31-27(13-22)39-17-18-6-9-38-10-7-18/h3-4,11-13,18-19H,1-2,5-10,14-17H2,(H,32,35). The van der Waals surface area contributed by atoms with Crippen LogP contribution in [-0.4, -0.2) is 58.1 Å². The molecule has 5 heterocycles. The van der Waals surface area contributed by atoms with Crippen LogP contribution in [0.3, 0.4) is 0 Å². The summed E-state index contributed by atoms with van der Waals surface area (Å²) in [5.41, 5.74) is 4.50. The van der Waals surface area contributed by atoms with Crippen molar-refractivity contribution in [1.29, 1.82) is 0 Å². The highest BCUT2D eigenvalue weighted by molar-refractivity contribution is 5.96. The average Bonchev–Trinajstić information content (AvgIpc) is 3.66. The summed E-state index contributed by atoms with van der Waals surface area (Å²) in [5, 5.41) is 2.36. The number of benzene rings is 1. The lowest BCUT2D eigenvalue weighted by atomic mass is 10.0. The molecule has 10 heteroatoms. The Morgan fingerprint density at radius 3 is 2.58 bits per heavy atom. The number of aromatic nitrogens is 2. The summed E-state index contributed by atoms with van der Waals surface area (Å²) in [5.74, 6) is 1.70. The van der Waals surface area contributed by atoms with E-state index in [1.54, 1.807) is 11.0 Å². The van der Waals surface area contributed by atoms with Crippen molar-refractivity contribution in [2.75, 3.05) is 26.4 Å². The maximum atomic E-state index is 13.7. The second kappa shape index (κ2) is 10.2. The molecule has 1 aromatic carbocycles. The van der Waals surface area contributed by atoms with Crippen molar-refractivity contribution in [3.63, 3.8) is 0 Å². The molecule has 40 heavy (non-hydrogen) atoms. The van der Waals surface area contributed by atoms with E-state index in [1.807, 2.05) is 29.2 Å². The number of nitrogens with one attached hydrogen (secondary N) is 1. The largest absolute Gasteiger partial charge is 0.477 e. The summed E-state index contributed by atoms with van der Waals surface area (Å²) < 4.78 is 16.8. The number of rotatable bonds is 6.